The molecule has 1 saturated carbocycles. The van der Waals surface area contributed by atoms with Gasteiger partial charge in [-0.1, -0.05) is 12.8 Å². The van der Waals surface area contributed by atoms with E-state index in [1.54, 1.807) is 0 Å². The Kier molecular flexibility index (Phi) is 4.41. The van der Waals surface area contributed by atoms with Crippen LogP contribution in [0.2, 0.25) is 0 Å². The standard InChI is InChI=1S/C12H17N3O2S/c1-18-10-5-3-2-4-8(10)15-11-7-13-9(6-14-11)12(16)17/h6-8,10H,2-5H2,1H3,(H,14,15)(H,16,17). The Labute approximate surface area is 110 Å². The number of thioether (sulfide) groups is 1. The first-order valence-corrected chi connectivity index (χ1v) is 7.34. The third kappa shape index (κ3) is 3.13. The molecule has 0 aliphatic heterocycles. The van der Waals surface area contributed by atoms with E-state index in [4.69, 9.17) is 5.11 Å². The highest BCUT2D eigenvalue weighted by molar-refractivity contribution is 7.99. The summed E-state index contributed by atoms with van der Waals surface area (Å²) in [4.78, 5) is 18.6. The summed E-state index contributed by atoms with van der Waals surface area (Å²) in [7, 11) is 0. The number of nitrogens with zero attached hydrogens (tertiary/aromatic N) is 2. The number of carbonyl (C=O) groups is 1. The molecule has 2 rings (SSSR count). The summed E-state index contributed by atoms with van der Waals surface area (Å²) in [5.41, 5.74) is -0.0226. The van der Waals surface area contributed by atoms with Crippen LogP contribution >= 0.6 is 11.8 Å². The monoisotopic (exact) mass is 267 g/mol. The molecule has 18 heavy (non-hydrogen) atoms. The van der Waals surface area contributed by atoms with Gasteiger partial charge in [-0.2, -0.15) is 11.8 Å². The first-order valence-electron chi connectivity index (χ1n) is 6.05. The minimum absolute atomic E-state index is 0.0226. The SMILES string of the molecule is CSC1CCCCC1Nc1cnc(C(=O)O)cn1. The van der Waals surface area contributed by atoms with Crippen molar-refractivity contribution < 1.29 is 9.90 Å². The van der Waals surface area contributed by atoms with Crippen LogP contribution in [0.1, 0.15) is 36.2 Å². The van der Waals surface area contributed by atoms with Crippen LogP contribution in [-0.2, 0) is 0 Å². The topological polar surface area (TPSA) is 75.1 Å². The van der Waals surface area contributed by atoms with E-state index in [1.165, 1.54) is 31.7 Å². The molecule has 1 aromatic rings. The fourth-order valence-electron chi connectivity index (χ4n) is 2.25. The van der Waals surface area contributed by atoms with Crippen molar-refractivity contribution in [3.8, 4) is 0 Å². The highest BCUT2D eigenvalue weighted by Crippen LogP contribution is 2.28. The molecule has 0 radical (unpaired) electrons. The van der Waals surface area contributed by atoms with Crippen LogP contribution in [0.5, 0.6) is 0 Å². The van der Waals surface area contributed by atoms with E-state index in [0.29, 0.717) is 17.1 Å². The van der Waals surface area contributed by atoms with Gasteiger partial charge in [0.25, 0.3) is 0 Å². The highest BCUT2D eigenvalue weighted by atomic mass is 32.2. The molecule has 1 aliphatic carbocycles. The molecule has 0 aromatic carbocycles. The summed E-state index contributed by atoms with van der Waals surface area (Å²) in [6.07, 6.45) is 9.79. The molecule has 0 spiro atoms. The largest absolute Gasteiger partial charge is 0.476 e. The second-order valence-corrected chi connectivity index (χ2v) is 5.48. The van der Waals surface area contributed by atoms with Gasteiger partial charge in [-0.3, -0.25) is 0 Å². The van der Waals surface area contributed by atoms with Gasteiger partial charge in [0.2, 0.25) is 0 Å². The molecular weight excluding hydrogens is 250 g/mol. The van der Waals surface area contributed by atoms with Gasteiger partial charge in [-0.25, -0.2) is 14.8 Å². The van der Waals surface area contributed by atoms with Gasteiger partial charge < -0.3 is 10.4 Å². The van der Waals surface area contributed by atoms with Crippen molar-refractivity contribution in [3.05, 3.63) is 18.1 Å². The predicted molar refractivity (Wildman–Crippen MR) is 72.2 cm³/mol. The molecule has 0 saturated heterocycles. The van der Waals surface area contributed by atoms with Crippen LogP contribution in [0.15, 0.2) is 12.4 Å². The number of carboxylic acids is 1. The zero-order valence-corrected chi connectivity index (χ0v) is 11.1. The predicted octanol–water partition coefficient (Wildman–Crippen LogP) is 2.26. The lowest BCUT2D eigenvalue weighted by molar-refractivity contribution is 0.0690. The molecular formula is C12H17N3O2S. The Morgan fingerprint density at radius 3 is 2.78 bits per heavy atom. The molecule has 2 atom stereocenters. The lowest BCUT2D eigenvalue weighted by Crippen LogP contribution is -2.34. The van der Waals surface area contributed by atoms with Gasteiger partial charge in [0.15, 0.2) is 5.69 Å². The van der Waals surface area contributed by atoms with E-state index < -0.39 is 5.97 Å². The molecule has 1 fully saturated rings. The fourth-order valence-corrected chi connectivity index (χ4v) is 3.18. The number of rotatable bonds is 4. The van der Waals surface area contributed by atoms with Crippen molar-refractivity contribution >= 4 is 23.5 Å². The van der Waals surface area contributed by atoms with Crippen LogP contribution in [-0.4, -0.2) is 38.6 Å². The van der Waals surface area contributed by atoms with E-state index in [2.05, 4.69) is 21.5 Å². The van der Waals surface area contributed by atoms with Crippen molar-refractivity contribution in [1.29, 1.82) is 0 Å². The Morgan fingerprint density at radius 2 is 2.17 bits per heavy atom. The first-order chi connectivity index (χ1) is 8.70. The van der Waals surface area contributed by atoms with Gasteiger partial charge in [-0.05, 0) is 19.1 Å². The van der Waals surface area contributed by atoms with Crippen molar-refractivity contribution in [1.82, 2.24) is 9.97 Å². The zero-order valence-electron chi connectivity index (χ0n) is 10.3. The number of aromatic carboxylic acids is 1. The molecule has 1 aliphatic rings. The fraction of sp³-hybridized carbons (Fsp3) is 0.583. The number of nitrogens with one attached hydrogen (secondary N) is 1. The Bertz CT molecular complexity index is 410. The van der Waals surface area contributed by atoms with Gasteiger partial charge in [0.05, 0.1) is 12.4 Å². The summed E-state index contributed by atoms with van der Waals surface area (Å²) in [6, 6.07) is 0.402. The van der Waals surface area contributed by atoms with Crippen LogP contribution < -0.4 is 5.32 Å². The molecule has 1 heterocycles. The first kappa shape index (κ1) is 13.1. The van der Waals surface area contributed by atoms with Crippen molar-refractivity contribution in [2.75, 3.05) is 11.6 Å². The molecule has 1 aromatic heterocycles. The molecule has 2 N–H and O–H groups in total. The number of anilines is 1. The van der Waals surface area contributed by atoms with Crippen LogP contribution in [0.25, 0.3) is 0 Å². The Morgan fingerprint density at radius 1 is 1.39 bits per heavy atom. The normalized spacial score (nSPS) is 23.6. The quantitative estimate of drug-likeness (QED) is 0.871. The van der Waals surface area contributed by atoms with Crippen LogP contribution in [0.3, 0.4) is 0 Å². The second-order valence-electron chi connectivity index (χ2n) is 4.40. The maximum Gasteiger partial charge on any atom is 0.356 e. The number of carboxylic acid groups (broad SMARTS) is 1. The molecule has 6 heteroatoms. The van der Waals surface area contributed by atoms with E-state index in [1.807, 2.05) is 11.8 Å². The van der Waals surface area contributed by atoms with E-state index >= 15 is 0 Å². The minimum atomic E-state index is -1.05. The maximum atomic E-state index is 10.7. The number of aromatic nitrogens is 2. The molecule has 5 nitrogen and oxygen atoms in total. The summed E-state index contributed by atoms with van der Waals surface area (Å²) in [5, 5.41) is 12.7. The third-order valence-electron chi connectivity index (χ3n) is 3.21. The van der Waals surface area contributed by atoms with Gasteiger partial charge >= 0.3 is 5.97 Å². The third-order valence-corrected chi connectivity index (χ3v) is 4.38. The number of hydrogen-bond acceptors (Lipinski definition) is 5. The number of hydrogen-bond donors (Lipinski definition) is 2. The summed E-state index contributed by atoms with van der Waals surface area (Å²) in [6.45, 7) is 0. The van der Waals surface area contributed by atoms with Crippen molar-refractivity contribution in [2.45, 2.75) is 37.0 Å². The summed E-state index contributed by atoms with van der Waals surface area (Å²) in [5.74, 6) is -0.389. The highest BCUT2D eigenvalue weighted by Gasteiger charge is 2.24. The Balaban J connectivity index is 2.01. The minimum Gasteiger partial charge on any atom is -0.476 e. The van der Waals surface area contributed by atoms with Crippen molar-refractivity contribution in [3.63, 3.8) is 0 Å². The lowest BCUT2D eigenvalue weighted by Gasteiger charge is -2.31. The molecule has 98 valence electrons. The van der Waals surface area contributed by atoms with E-state index in [9.17, 15) is 4.79 Å². The smallest absolute Gasteiger partial charge is 0.356 e. The Hall–Kier alpha value is -1.30. The average molecular weight is 267 g/mol. The van der Waals surface area contributed by atoms with Gasteiger partial charge in [-0.15, -0.1) is 0 Å². The van der Waals surface area contributed by atoms with E-state index in [-0.39, 0.29) is 5.69 Å². The van der Waals surface area contributed by atoms with Gasteiger partial charge in [0.1, 0.15) is 5.82 Å². The average Bonchev–Trinajstić information content (AvgIpc) is 2.40. The van der Waals surface area contributed by atoms with Crippen LogP contribution in [0, 0.1) is 0 Å². The molecule has 0 amide bonds. The summed E-state index contributed by atoms with van der Waals surface area (Å²) >= 11 is 1.88. The lowest BCUT2D eigenvalue weighted by atomic mass is 9.95. The van der Waals surface area contributed by atoms with E-state index in [0.717, 1.165) is 6.42 Å². The van der Waals surface area contributed by atoms with Crippen molar-refractivity contribution in [2.24, 2.45) is 0 Å². The summed E-state index contributed by atoms with van der Waals surface area (Å²) < 4.78 is 0. The molecule has 2 unspecified atom stereocenters. The maximum absolute atomic E-state index is 10.7. The second kappa shape index (κ2) is 6.04. The zero-order chi connectivity index (χ0) is 13.0. The van der Waals surface area contributed by atoms with Gasteiger partial charge in [0, 0.05) is 11.3 Å². The van der Waals surface area contributed by atoms with Crippen LogP contribution in [0.4, 0.5) is 5.82 Å². The molecule has 0 bridgehead atoms.